The van der Waals surface area contributed by atoms with Crippen LogP contribution in [0.4, 0.5) is 18.9 Å². The number of amides is 1. The smallest absolute Gasteiger partial charge is 0.421 e. The molecule has 0 radical (unpaired) electrons. The zero-order valence-corrected chi connectivity index (χ0v) is 21.0. The van der Waals surface area contributed by atoms with Gasteiger partial charge in [0, 0.05) is 11.8 Å². The van der Waals surface area contributed by atoms with Crippen LogP contribution in [0.5, 0.6) is 11.5 Å². The van der Waals surface area contributed by atoms with Crippen LogP contribution >= 0.6 is 0 Å². The van der Waals surface area contributed by atoms with Gasteiger partial charge in [0.15, 0.2) is 5.60 Å². The van der Waals surface area contributed by atoms with E-state index in [4.69, 9.17) is 9.47 Å². The number of anilines is 1. The van der Waals surface area contributed by atoms with Crippen molar-refractivity contribution < 1.29 is 32.5 Å². The van der Waals surface area contributed by atoms with Gasteiger partial charge in [0.05, 0.1) is 19.6 Å². The Morgan fingerprint density at radius 2 is 1.73 bits per heavy atom. The van der Waals surface area contributed by atoms with Gasteiger partial charge in [0.1, 0.15) is 17.6 Å². The molecule has 5 nitrogen and oxygen atoms in total. The summed E-state index contributed by atoms with van der Waals surface area (Å²) in [6.45, 7) is 2.76. The number of rotatable bonds is 6. The summed E-state index contributed by atoms with van der Waals surface area (Å²) in [5.74, 6) is 0.519. The Morgan fingerprint density at radius 1 is 1.03 bits per heavy atom. The van der Waals surface area contributed by atoms with E-state index in [1.807, 2.05) is 37.3 Å². The number of methoxy groups -OCH3 is 1. The monoisotopic (exact) mass is 513 g/mol. The van der Waals surface area contributed by atoms with Crippen LogP contribution in [0.1, 0.15) is 42.9 Å². The molecule has 0 aromatic heterocycles. The molecule has 1 aliphatic rings. The second kappa shape index (κ2) is 10.5. The number of aryl methyl sites for hydroxylation is 1. The van der Waals surface area contributed by atoms with E-state index >= 15 is 0 Å². The lowest BCUT2D eigenvalue weighted by Gasteiger charge is -2.31. The van der Waals surface area contributed by atoms with Crippen LogP contribution < -0.4 is 14.4 Å². The summed E-state index contributed by atoms with van der Waals surface area (Å²) in [6, 6.07) is 20.5. The van der Waals surface area contributed by atoms with E-state index in [1.165, 1.54) is 18.2 Å². The molecule has 0 fully saturated rings. The molecule has 1 aliphatic heterocycles. The average Bonchev–Trinajstić information content (AvgIpc) is 3.07. The normalized spacial score (nSPS) is 18.2. The van der Waals surface area contributed by atoms with Crippen LogP contribution in [0.25, 0.3) is 0 Å². The number of fused-ring (bicyclic) bond motifs is 1. The highest BCUT2D eigenvalue weighted by Crippen LogP contribution is 2.41. The van der Waals surface area contributed by atoms with Gasteiger partial charge in [-0.2, -0.15) is 13.2 Å². The SMILES string of the molecule is COc1cccc(O[C@H]2CCc3cc([C@](C)(O)C(F)(F)F)ccc3N(C(=O)C(C)c3ccccc3)C2)c1. The molecule has 4 rings (SSSR count). The number of carbonyl (C=O) groups is 1. The highest BCUT2D eigenvalue weighted by Gasteiger charge is 2.51. The quantitative estimate of drug-likeness (QED) is 0.440. The number of nitrogens with zero attached hydrogens (tertiary/aromatic N) is 1. The molecule has 8 heteroatoms. The molecular weight excluding hydrogens is 483 g/mol. The Bertz CT molecular complexity index is 1240. The van der Waals surface area contributed by atoms with Gasteiger partial charge in [-0.25, -0.2) is 0 Å². The average molecular weight is 514 g/mol. The zero-order valence-electron chi connectivity index (χ0n) is 21.0. The molecule has 37 heavy (non-hydrogen) atoms. The fraction of sp³-hybridized carbons (Fsp3) is 0.345. The summed E-state index contributed by atoms with van der Waals surface area (Å²) in [4.78, 5) is 15.4. The first-order valence-corrected chi connectivity index (χ1v) is 12.1. The number of alkyl halides is 3. The second-order valence-electron chi connectivity index (χ2n) is 9.45. The van der Waals surface area contributed by atoms with Crippen molar-refractivity contribution in [3.8, 4) is 11.5 Å². The van der Waals surface area contributed by atoms with E-state index in [9.17, 15) is 23.1 Å². The molecule has 0 saturated carbocycles. The Kier molecular flexibility index (Phi) is 7.50. The van der Waals surface area contributed by atoms with E-state index in [1.54, 1.807) is 36.3 Å². The summed E-state index contributed by atoms with van der Waals surface area (Å²) >= 11 is 0. The molecule has 0 spiro atoms. The molecule has 0 aliphatic carbocycles. The van der Waals surface area contributed by atoms with Crippen LogP contribution in [-0.2, 0) is 16.8 Å². The molecule has 1 heterocycles. The lowest BCUT2D eigenvalue weighted by molar-refractivity contribution is -0.258. The molecule has 3 aromatic carbocycles. The van der Waals surface area contributed by atoms with Gasteiger partial charge in [-0.05, 0) is 61.6 Å². The van der Waals surface area contributed by atoms with Crippen molar-refractivity contribution >= 4 is 11.6 Å². The van der Waals surface area contributed by atoms with Crippen molar-refractivity contribution in [1.29, 1.82) is 0 Å². The van der Waals surface area contributed by atoms with Crippen molar-refractivity contribution in [3.63, 3.8) is 0 Å². The predicted molar refractivity (Wildman–Crippen MR) is 135 cm³/mol. The topological polar surface area (TPSA) is 59.0 Å². The van der Waals surface area contributed by atoms with E-state index in [0.29, 0.717) is 35.6 Å². The van der Waals surface area contributed by atoms with Crippen molar-refractivity contribution in [1.82, 2.24) is 0 Å². The first-order chi connectivity index (χ1) is 17.5. The molecule has 1 N–H and O–H groups in total. The van der Waals surface area contributed by atoms with Gasteiger partial charge < -0.3 is 19.5 Å². The van der Waals surface area contributed by atoms with Gasteiger partial charge in [0.25, 0.3) is 0 Å². The minimum atomic E-state index is -4.85. The number of halogens is 3. The largest absolute Gasteiger partial charge is 0.497 e. The maximum atomic E-state index is 13.8. The van der Waals surface area contributed by atoms with Crippen molar-refractivity contribution in [2.24, 2.45) is 0 Å². The third kappa shape index (κ3) is 5.59. The van der Waals surface area contributed by atoms with Gasteiger partial charge in [-0.15, -0.1) is 0 Å². The Morgan fingerprint density at radius 3 is 2.41 bits per heavy atom. The molecule has 0 bridgehead atoms. The predicted octanol–water partition coefficient (Wildman–Crippen LogP) is 6.00. The maximum absolute atomic E-state index is 13.8. The highest BCUT2D eigenvalue weighted by atomic mass is 19.4. The maximum Gasteiger partial charge on any atom is 0.421 e. The number of hydrogen-bond donors (Lipinski definition) is 1. The number of ether oxygens (including phenoxy) is 2. The van der Waals surface area contributed by atoms with Gasteiger partial charge >= 0.3 is 6.18 Å². The minimum Gasteiger partial charge on any atom is -0.497 e. The molecule has 0 saturated heterocycles. The third-order valence-corrected chi connectivity index (χ3v) is 6.89. The summed E-state index contributed by atoms with van der Waals surface area (Å²) in [7, 11) is 1.56. The number of benzene rings is 3. The van der Waals surface area contributed by atoms with Gasteiger partial charge in [0.2, 0.25) is 5.91 Å². The van der Waals surface area contributed by atoms with E-state index < -0.39 is 23.8 Å². The molecule has 196 valence electrons. The van der Waals surface area contributed by atoms with E-state index in [2.05, 4.69) is 0 Å². The molecule has 1 unspecified atom stereocenters. The van der Waals surface area contributed by atoms with Crippen LogP contribution in [0.15, 0.2) is 72.8 Å². The number of carbonyl (C=O) groups excluding carboxylic acids is 1. The number of hydrogen-bond acceptors (Lipinski definition) is 4. The summed E-state index contributed by atoms with van der Waals surface area (Å²) < 4.78 is 52.1. The van der Waals surface area contributed by atoms with Crippen molar-refractivity contribution in [3.05, 3.63) is 89.5 Å². The zero-order chi connectivity index (χ0) is 26.8. The Labute approximate surface area is 214 Å². The third-order valence-electron chi connectivity index (χ3n) is 6.89. The fourth-order valence-corrected chi connectivity index (χ4v) is 4.52. The molecular formula is C29H30F3NO4. The lowest BCUT2D eigenvalue weighted by Crippen LogP contribution is -2.41. The summed E-state index contributed by atoms with van der Waals surface area (Å²) in [5, 5.41) is 10.3. The first-order valence-electron chi connectivity index (χ1n) is 12.1. The molecule has 1 amide bonds. The fourth-order valence-electron chi connectivity index (χ4n) is 4.52. The summed E-state index contributed by atoms with van der Waals surface area (Å²) in [6.07, 6.45) is -4.43. The molecule has 3 aromatic rings. The van der Waals surface area contributed by atoms with E-state index in [-0.39, 0.29) is 18.0 Å². The van der Waals surface area contributed by atoms with Crippen LogP contribution in [-0.4, -0.2) is 36.9 Å². The standard InChI is InChI=1S/C29H30F3NO4/c1-19(20-8-5-4-6-9-20)27(34)33-18-25(37-24-11-7-10-23(17-24)36-3)14-12-21-16-22(13-15-26(21)33)28(2,35)29(30,31)32/h4-11,13,15-17,19,25,35H,12,14,18H2,1-3H3/t19?,25-,28-/m0/s1. The second-order valence-corrected chi connectivity index (χ2v) is 9.45. The number of aliphatic hydroxyl groups is 1. The molecule has 3 atom stereocenters. The van der Waals surface area contributed by atoms with Crippen LogP contribution in [0.3, 0.4) is 0 Å². The van der Waals surface area contributed by atoms with Gasteiger partial charge in [-0.1, -0.05) is 48.5 Å². The van der Waals surface area contributed by atoms with E-state index in [0.717, 1.165) is 12.5 Å². The highest BCUT2D eigenvalue weighted by molar-refractivity contribution is 5.98. The van der Waals surface area contributed by atoms with Crippen molar-refractivity contribution in [2.45, 2.75) is 50.5 Å². The van der Waals surface area contributed by atoms with Crippen LogP contribution in [0, 0.1) is 0 Å². The van der Waals surface area contributed by atoms with Crippen LogP contribution in [0.2, 0.25) is 0 Å². The summed E-state index contributed by atoms with van der Waals surface area (Å²) in [5.41, 5.74) is -1.38. The first kappa shape index (κ1) is 26.5. The Hall–Kier alpha value is -3.52. The van der Waals surface area contributed by atoms with Gasteiger partial charge in [-0.3, -0.25) is 4.79 Å². The van der Waals surface area contributed by atoms with Crippen molar-refractivity contribution in [2.75, 3.05) is 18.6 Å². The Balaban J connectivity index is 1.71. The minimum absolute atomic E-state index is 0.191. The lowest BCUT2D eigenvalue weighted by atomic mass is 9.91.